The van der Waals surface area contributed by atoms with Crippen LogP contribution in [0.15, 0.2) is 0 Å². The maximum Gasteiger partial charge on any atom is 0.294 e. The average Bonchev–Trinajstić information content (AvgIpc) is 2.86. The smallest absolute Gasteiger partial charge is 0.294 e. The lowest BCUT2D eigenvalue weighted by molar-refractivity contribution is 0.0737. The van der Waals surface area contributed by atoms with E-state index in [1.807, 2.05) is 6.92 Å². The van der Waals surface area contributed by atoms with Gasteiger partial charge in [-0.15, -0.1) is 5.10 Å². The fourth-order valence-corrected chi connectivity index (χ4v) is 4.85. The second-order valence-corrected chi connectivity index (χ2v) is 8.07. The van der Waals surface area contributed by atoms with E-state index in [9.17, 15) is 13.2 Å². The third kappa shape index (κ3) is 3.32. The summed E-state index contributed by atoms with van der Waals surface area (Å²) in [6, 6.07) is 0. The summed E-state index contributed by atoms with van der Waals surface area (Å²) in [4.78, 5) is 17.9. The lowest BCUT2D eigenvalue weighted by Gasteiger charge is -2.33. The Bertz CT molecular complexity index is 584. The van der Waals surface area contributed by atoms with Gasteiger partial charge in [0.2, 0.25) is 5.82 Å². The first-order chi connectivity index (χ1) is 9.43. The minimum atomic E-state index is -3.31. The summed E-state index contributed by atoms with van der Waals surface area (Å²) in [7, 11) is -3.31. The number of sulfone groups is 1. The number of hydrogen-bond donors (Lipinski definition) is 1. The number of nitrogens with zero attached hydrogens (tertiary/aromatic N) is 3. The largest absolute Gasteiger partial charge is 0.317 e. The zero-order chi connectivity index (χ0) is 14.8. The van der Waals surface area contributed by atoms with Crippen molar-refractivity contribution in [3.63, 3.8) is 0 Å². The Kier molecular flexibility index (Phi) is 4.69. The number of carbonyl (C=O) groups excluding carboxylic acids is 1. The van der Waals surface area contributed by atoms with E-state index in [-0.39, 0.29) is 5.82 Å². The van der Waals surface area contributed by atoms with Crippen LogP contribution in [0, 0.1) is 0 Å². The highest BCUT2D eigenvalue weighted by Gasteiger charge is 2.36. The van der Waals surface area contributed by atoms with Crippen molar-refractivity contribution in [1.82, 2.24) is 20.1 Å². The minimum Gasteiger partial charge on any atom is -0.317 e. The maximum atomic E-state index is 12.4. The molecule has 1 fully saturated rings. The number of H-pyrrole nitrogens is 1. The molecule has 1 saturated heterocycles. The molecule has 1 aliphatic rings. The molecule has 1 unspecified atom stereocenters. The normalized spacial score (nSPS) is 20.1. The highest BCUT2D eigenvalue weighted by Crippen LogP contribution is 2.21. The van der Waals surface area contributed by atoms with E-state index in [0.717, 1.165) is 18.4 Å². The van der Waals surface area contributed by atoms with Crippen molar-refractivity contribution in [2.24, 2.45) is 0 Å². The predicted molar refractivity (Wildman–Crippen MR) is 77.4 cm³/mol. The number of aryl methyl sites for hydroxylation is 1. The third-order valence-electron chi connectivity index (χ3n) is 3.05. The highest BCUT2D eigenvalue weighted by atomic mass is 32.2. The molecule has 20 heavy (non-hydrogen) atoms. The predicted octanol–water partition coefficient (Wildman–Crippen LogP) is 0.317. The molecule has 112 valence electrons. The van der Waals surface area contributed by atoms with Gasteiger partial charge in [0.05, 0.1) is 0 Å². The molecule has 1 aromatic rings. The molecule has 0 bridgehead atoms. The van der Waals surface area contributed by atoms with Gasteiger partial charge in [-0.25, -0.2) is 13.4 Å². The number of carbonyl (C=O) groups is 1. The summed E-state index contributed by atoms with van der Waals surface area (Å²) in [5.74, 6) is 1.41. The molecule has 2 heterocycles. The summed E-state index contributed by atoms with van der Waals surface area (Å²) < 4.78 is 23.6. The molecule has 1 aliphatic heterocycles. The molecule has 1 N–H and O–H groups in total. The quantitative estimate of drug-likeness (QED) is 0.859. The van der Waals surface area contributed by atoms with E-state index < -0.39 is 21.1 Å². The van der Waals surface area contributed by atoms with E-state index in [2.05, 4.69) is 15.2 Å². The van der Waals surface area contributed by atoms with E-state index in [4.69, 9.17) is 0 Å². The van der Waals surface area contributed by atoms with Crippen molar-refractivity contribution in [1.29, 1.82) is 0 Å². The zero-order valence-corrected chi connectivity index (χ0v) is 13.1. The lowest BCUT2D eigenvalue weighted by Crippen LogP contribution is -2.50. The van der Waals surface area contributed by atoms with Gasteiger partial charge in [0.1, 0.15) is 11.2 Å². The summed E-state index contributed by atoms with van der Waals surface area (Å²) in [5, 5.41) is 5.82. The van der Waals surface area contributed by atoms with Crippen LogP contribution in [0.25, 0.3) is 0 Å². The van der Waals surface area contributed by atoms with Crippen LogP contribution in [0.2, 0.25) is 0 Å². The Balaban J connectivity index is 2.20. The first kappa shape index (κ1) is 15.3. The van der Waals surface area contributed by atoms with Gasteiger partial charge in [0, 0.05) is 30.7 Å². The first-order valence-electron chi connectivity index (χ1n) is 6.42. The summed E-state index contributed by atoms with van der Waals surface area (Å²) in [6.45, 7) is 2.41. The van der Waals surface area contributed by atoms with Gasteiger partial charge in [-0.3, -0.25) is 9.89 Å². The maximum absolute atomic E-state index is 12.4. The van der Waals surface area contributed by atoms with Crippen LogP contribution in [-0.4, -0.2) is 64.1 Å². The van der Waals surface area contributed by atoms with Crippen LogP contribution in [0.4, 0.5) is 0 Å². The van der Waals surface area contributed by atoms with Gasteiger partial charge in [0.25, 0.3) is 5.91 Å². The molecule has 0 saturated carbocycles. The number of aromatic amines is 1. The molecule has 0 spiro atoms. The fourth-order valence-electron chi connectivity index (χ4n) is 2.04. The number of rotatable bonds is 4. The number of amides is 1. The Morgan fingerprint density at radius 1 is 1.55 bits per heavy atom. The third-order valence-corrected chi connectivity index (χ3v) is 5.69. The second kappa shape index (κ2) is 6.13. The molecule has 1 aromatic heterocycles. The number of hydrogen-bond acceptors (Lipinski definition) is 6. The SMILES string of the molecule is CCCc1nc(C(=O)N2CCSCC2S(C)(=O)=O)n[nH]1. The first-order valence-corrected chi connectivity index (χ1v) is 9.53. The molecule has 1 amide bonds. The lowest BCUT2D eigenvalue weighted by atomic mass is 10.3. The summed E-state index contributed by atoms with van der Waals surface area (Å²) in [5.41, 5.74) is 0. The highest BCUT2D eigenvalue weighted by molar-refractivity contribution is 8.00. The van der Waals surface area contributed by atoms with Crippen LogP contribution >= 0.6 is 11.8 Å². The minimum absolute atomic E-state index is 0.0500. The Labute approximate surface area is 122 Å². The van der Waals surface area contributed by atoms with Crippen molar-refractivity contribution in [2.45, 2.75) is 25.1 Å². The van der Waals surface area contributed by atoms with Gasteiger partial charge >= 0.3 is 0 Å². The van der Waals surface area contributed by atoms with Crippen molar-refractivity contribution in [3.8, 4) is 0 Å². The number of nitrogens with one attached hydrogen (secondary N) is 1. The van der Waals surface area contributed by atoms with Crippen molar-refractivity contribution >= 4 is 27.5 Å². The Hall–Kier alpha value is -1.09. The fraction of sp³-hybridized carbons (Fsp3) is 0.727. The molecule has 0 aliphatic carbocycles. The van der Waals surface area contributed by atoms with Crippen molar-refractivity contribution in [2.75, 3.05) is 24.3 Å². The monoisotopic (exact) mass is 318 g/mol. The summed E-state index contributed by atoms with van der Waals surface area (Å²) in [6.07, 6.45) is 2.77. The van der Waals surface area contributed by atoms with Crippen LogP contribution in [0.5, 0.6) is 0 Å². The molecular formula is C11H18N4O3S2. The molecular weight excluding hydrogens is 300 g/mol. The van der Waals surface area contributed by atoms with Gasteiger partial charge in [-0.1, -0.05) is 6.92 Å². The second-order valence-electron chi connectivity index (χ2n) is 4.71. The molecule has 0 radical (unpaired) electrons. The molecule has 2 rings (SSSR count). The van der Waals surface area contributed by atoms with Crippen LogP contribution in [0.3, 0.4) is 0 Å². The van der Waals surface area contributed by atoms with Gasteiger partial charge in [0.15, 0.2) is 9.84 Å². The van der Waals surface area contributed by atoms with Gasteiger partial charge < -0.3 is 4.90 Å². The van der Waals surface area contributed by atoms with Crippen LogP contribution < -0.4 is 0 Å². The van der Waals surface area contributed by atoms with Crippen LogP contribution in [-0.2, 0) is 16.3 Å². The van der Waals surface area contributed by atoms with E-state index in [1.54, 1.807) is 0 Å². The Morgan fingerprint density at radius 2 is 2.30 bits per heavy atom. The van der Waals surface area contributed by atoms with Gasteiger partial charge in [-0.05, 0) is 6.42 Å². The van der Waals surface area contributed by atoms with Crippen molar-refractivity contribution < 1.29 is 13.2 Å². The Morgan fingerprint density at radius 3 is 2.95 bits per heavy atom. The van der Waals surface area contributed by atoms with E-state index in [1.165, 1.54) is 16.7 Å². The van der Waals surface area contributed by atoms with E-state index >= 15 is 0 Å². The van der Waals surface area contributed by atoms with Crippen LogP contribution in [0.1, 0.15) is 29.8 Å². The molecule has 9 heteroatoms. The molecule has 7 nitrogen and oxygen atoms in total. The summed E-state index contributed by atoms with van der Waals surface area (Å²) >= 11 is 1.54. The standard InChI is InChI=1S/C11H18N4O3S2/c1-3-4-8-12-10(14-13-8)11(16)15-5-6-19-7-9(15)20(2,17)18/h9H,3-7H2,1-2H3,(H,12,13,14). The number of aromatic nitrogens is 3. The molecule has 0 aromatic carbocycles. The topological polar surface area (TPSA) is 96.0 Å². The van der Waals surface area contributed by atoms with E-state index in [0.29, 0.717) is 24.5 Å². The van der Waals surface area contributed by atoms with Gasteiger partial charge in [-0.2, -0.15) is 11.8 Å². The van der Waals surface area contributed by atoms with Crippen molar-refractivity contribution in [3.05, 3.63) is 11.6 Å². The average molecular weight is 318 g/mol. The number of thioether (sulfide) groups is 1. The molecule has 1 atom stereocenters. The zero-order valence-electron chi connectivity index (χ0n) is 11.5.